The lowest BCUT2D eigenvalue weighted by molar-refractivity contribution is -0.149. The summed E-state index contributed by atoms with van der Waals surface area (Å²) in [5.74, 6) is -1.73. The number of carbonyl (C=O) groups excluding carboxylic acids is 1. The standard InChI is InChI=1S/C8H10N2O3/c9-2-4-10-3-1-6(8(12)13)5-7(10)11/h6H,1,3-5H2,(H,12,13). The molecule has 1 rings (SSSR count). The van der Waals surface area contributed by atoms with Crippen LogP contribution >= 0.6 is 0 Å². The largest absolute Gasteiger partial charge is 0.481 e. The van der Waals surface area contributed by atoms with Crippen LogP contribution in [-0.2, 0) is 9.59 Å². The molecule has 0 aromatic carbocycles. The van der Waals surface area contributed by atoms with E-state index in [9.17, 15) is 9.59 Å². The van der Waals surface area contributed by atoms with Crippen molar-refractivity contribution in [1.82, 2.24) is 4.90 Å². The Hall–Kier alpha value is -1.57. The van der Waals surface area contributed by atoms with E-state index in [0.29, 0.717) is 13.0 Å². The molecule has 0 aromatic heterocycles. The van der Waals surface area contributed by atoms with Crippen LogP contribution in [0.5, 0.6) is 0 Å². The molecule has 0 saturated carbocycles. The number of nitrogens with zero attached hydrogens (tertiary/aromatic N) is 2. The van der Waals surface area contributed by atoms with Gasteiger partial charge in [0.2, 0.25) is 5.91 Å². The van der Waals surface area contributed by atoms with Gasteiger partial charge in [0.1, 0.15) is 6.54 Å². The first-order valence-electron chi connectivity index (χ1n) is 4.02. The predicted octanol–water partition coefficient (Wildman–Crippen LogP) is -0.167. The number of nitriles is 1. The molecule has 5 nitrogen and oxygen atoms in total. The fraction of sp³-hybridized carbons (Fsp3) is 0.625. The van der Waals surface area contributed by atoms with Gasteiger partial charge in [-0.25, -0.2) is 0 Å². The molecule has 0 aliphatic carbocycles. The number of likely N-dealkylation sites (tertiary alicyclic amines) is 1. The first-order chi connectivity index (χ1) is 6.15. The molecule has 0 spiro atoms. The normalized spacial score (nSPS) is 22.5. The summed E-state index contributed by atoms with van der Waals surface area (Å²) >= 11 is 0. The van der Waals surface area contributed by atoms with E-state index in [2.05, 4.69) is 0 Å². The van der Waals surface area contributed by atoms with Crippen LogP contribution in [0.15, 0.2) is 0 Å². The predicted molar refractivity (Wildman–Crippen MR) is 42.6 cm³/mol. The summed E-state index contributed by atoms with van der Waals surface area (Å²) in [6.07, 6.45) is 0.472. The van der Waals surface area contributed by atoms with Gasteiger partial charge >= 0.3 is 5.97 Å². The second-order valence-electron chi connectivity index (χ2n) is 3.00. The average Bonchev–Trinajstić information content (AvgIpc) is 2.08. The fourth-order valence-electron chi connectivity index (χ4n) is 1.34. The summed E-state index contributed by atoms with van der Waals surface area (Å²) in [4.78, 5) is 23.1. The molecule has 1 saturated heterocycles. The molecule has 1 amide bonds. The Labute approximate surface area is 75.6 Å². The number of aliphatic carboxylic acids is 1. The van der Waals surface area contributed by atoms with Crippen molar-refractivity contribution in [1.29, 1.82) is 5.26 Å². The van der Waals surface area contributed by atoms with Crippen molar-refractivity contribution in [2.45, 2.75) is 12.8 Å². The van der Waals surface area contributed by atoms with Crippen molar-refractivity contribution >= 4 is 11.9 Å². The van der Waals surface area contributed by atoms with Gasteiger partial charge in [0, 0.05) is 13.0 Å². The van der Waals surface area contributed by atoms with Gasteiger partial charge in [0.05, 0.1) is 12.0 Å². The third-order valence-corrected chi connectivity index (χ3v) is 2.13. The maximum absolute atomic E-state index is 11.2. The second kappa shape index (κ2) is 3.90. The van der Waals surface area contributed by atoms with E-state index in [0.717, 1.165) is 0 Å². The lowest BCUT2D eigenvalue weighted by Crippen LogP contribution is -2.40. The molecular formula is C8H10N2O3. The molecule has 1 unspecified atom stereocenters. The number of hydrogen-bond donors (Lipinski definition) is 1. The number of carboxylic acid groups (broad SMARTS) is 1. The van der Waals surface area contributed by atoms with Crippen molar-refractivity contribution in [2.24, 2.45) is 5.92 Å². The highest BCUT2D eigenvalue weighted by molar-refractivity contribution is 5.83. The van der Waals surface area contributed by atoms with Gasteiger partial charge in [-0.2, -0.15) is 5.26 Å². The van der Waals surface area contributed by atoms with E-state index in [-0.39, 0.29) is 18.9 Å². The van der Waals surface area contributed by atoms with Crippen LogP contribution in [0.3, 0.4) is 0 Å². The van der Waals surface area contributed by atoms with Crippen LogP contribution < -0.4 is 0 Å². The fourth-order valence-corrected chi connectivity index (χ4v) is 1.34. The molecule has 1 aliphatic rings. The van der Waals surface area contributed by atoms with E-state index in [4.69, 9.17) is 10.4 Å². The number of rotatable bonds is 2. The van der Waals surface area contributed by atoms with Crippen molar-refractivity contribution < 1.29 is 14.7 Å². The quantitative estimate of drug-likeness (QED) is 0.601. The zero-order valence-electron chi connectivity index (χ0n) is 7.06. The third-order valence-electron chi connectivity index (χ3n) is 2.13. The maximum atomic E-state index is 11.2. The minimum absolute atomic E-state index is 0.0248. The van der Waals surface area contributed by atoms with Gasteiger partial charge in [-0.3, -0.25) is 9.59 Å². The van der Waals surface area contributed by atoms with Crippen LogP contribution in [0.1, 0.15) is 12.8 Å². The van der Waals surface area contributed by atoms with Crippen molar-refractivity contribution in [3.63, 3.8) is 0 Å². The topological polar surface area (TPSA) is 81.4 Å². The minimum atomic E-state index is -0.926. The SMILES string of the molecule is N#CCN1CCC(C(=O)O)CC1=O. The summed E-state index contributed by atoms with van der Waals surface area (Å²) in [5, 5.41) is 17.0. The maximum Gasteiger partial charge on any atom is 0.307 e. The summed E-state index contributed by atoms with van der Waals surface area (Å²) in [6.45, 7) is 0.439. The highest BCUT2D eigenvalue weighted by Crippen LogP contribution is 2.17. The highest BCUT2D eigenvalue weighted by atomic mass is 16.4. The summed E-state index contributed by atoms with van der Waals surface area (Å²) in [5.41, 5.74) is 0. The first kappa shape index (κ1) is 9.52. The summed E-state index contributed by atoms with van der Waals surface area (Å²) in [6, 6.07) is 1.87. The lowest BCUT2D eigenvalue weighted by Gasteiger charge is -2.27. The zero-order valence-corrected chi connectivity index (χ0v) is 7.06. The molecule has 0 bridgehead atoms. The Kier molecular flexibility index (Phi) is 2.85. The molecule has 13 heavy (non-hydrogen) atoms. The number of carbonyl (C=O) groups is 2. The van der Waals surface area contributed by atoms with Crippen LogP contribution in [0.25, 0.3) is 0 Å². The second-order valence-corrected chi connectivity index (χ2v) is 3.00. The molecule has 5 heteroatoms. The van der Waals surface area contributed by atoms with E-state index >= 15 is 0 Å². The van der Waals surface area contributed by atoms with Gasteiger partial charge in [-0.1, -0.05) is 0 Å². The van der Waals surface area contributed by atoms with Crippen LogP contribution in [0, 0.1) is 17.2 Å². The molecule has 0 aromatic rings. The smallest absolute Gasteiger partial charge is 0.307 e. The molecule has 1 N–H and O–H groups in total. The highest BCUT2D eigenvalue weighted by Gasteiger charge is 2.29. The Morgan fingerprint density at radius 2 is 2.46 bits per heavy atom. The zero-order chi connectivity index (χ0) is 9.84. The summed E-state index contributed by atoms with van der Waals surface area (Å²) in [7, 11) is 0. The van der Waals surface area contributed by atoms with E-state index in [1.54, 1.807) is 0 Å². The van der Waals surface area contributed by atoms with Gasteiger partial charge in [0.25, 0.3) is 0 Å². The van der Waals surface area contributed by atoms with Crippen LogP contribution in [0.2, 0.25) is 0 Å². The van der Waals surface area contributed by atoms with Crippen molar-refractivity contribution in [2.75, 3.05) is 13.1 Å². The molecule has 1 atom stereocenters. The minimum Gasteiger partial charge on any atom is -0.481 e. The van der Waals surface area contributed by atoms with Gasteiger partial charge < -0.3 is 10.0 Å². The third kappa shape index (κ3) is 2.18. The van der Waals surface area contributed by atoms with Crippen molar-refractivity contribution in [3.8, 4) is 6.07 Å². The molecule has 0 radical (unpaired) electrons. The number of piperidine rings is 1. The number of amides is 1. The molecular weight excluding hydrogens is 172 g/mol. The van der Waals surface area contributed by atoms with Crippen LogP contribution in [0.4, 0.5) is 0 Å². The van der Waals surface area contributed by atoms with E-state index in [1.165, 1.54) is 4.90 Å². The first-order valence-corrected chi connectivity index (χ1v) is 4.02. The van der Waals surface area contributed by atoms with Gasteiger partial charge in [0.15, 0.2) is 0 Å². The number of carboxylic acids is 1. The lowest BCUT2D eigenvalue weighted by atomic mass is 9.96. The monoisotopic (exact) mass is 182 g/mol. The Bertz CT molecular complexity index is 269. The Balaban J connectivity index is 2.52. The summed E-state index contributed by atoms with van der Waals surface area (Å²) < 4.78 is 0. The van der Waals surface area contributed by atoms with Crippen molar-refractivity contribution in [3.05, 3.63) is 0 Å². The Morgan fingerprint density at radius 1 is 1.77 bits per heavy atom. The van der Waals surface area contributed by atoms with Gasteiger partial charge in [-0.05, 0) is 6.42 Å². The van der Waals surface area contributed by atoms with E-state index in [1.807, 2.05) is 6.07 Å². The number of hydrogen-bond acceptors (Lipinski definition) is 3. The Morgan fingerprint density at radius 3 is 2.92 bits per heavy atom. The van der Waals surface area contributed by atoms with Crippen LogP contribution in [-0.4, -0.2) is 35.0 Å². The molecule has 70 valence electrons. The van der Waals surface area contributed by atoms with E-state index < -0.39 is 11.9 Å². The molecule has 1 fully saturated rings. The van der Waals surface area contributed by atoms with Gasteiger partial charge in [-0.15, -0.1) is 0 Å². The molecule has 1 heterocycles. The average molecular weight is 182 g/mol. The molecule has 1 aliphatic heterocycles.